The molecular weight excluding hydrogens is 395 g/mol. The first-order valence-corrected chi connectivity index (χ1v) is 9.50. The Kier molecular flexibility index (Phi) is 4.55. The molecule has 3 heterocycles. The van der Waals surface area contributed by atoms with Crippen LogP contribution in [0, 0.1) is 29.5 Å². The van der Waals surface area contributed by atoms with E-state index in [4.69, 9.17) is 11.2 Å². The van der Waals surface area contributed by atoms with Crippen molar-refractivity contribution in [3.05, 3.63) is 82.9 Å². The topological polar surface area (TPSA) is 81.6 Å². The quantitative estimate of drug-likeness (QED) is 0.425. The smallest absolute Gasteiger partial charge is 0.166 e. The van der Waals surface area contributed by atoms with Gasteiger partial charge in [-0.1, -0.05) is 24.1 Å². The fourth-order valence-electron chi connectivity index (χ4n) is 3.67. The van der Waals surface area contributed by atoms with E-state index in [2.05, 4.69) is 27.2 Å². The number of ether oxygens (including phenoxy) is 1. The van der Waals surface area contributed by atoms with Gasteiger partial charge >= 0.3 is 0 Å². The van der Waals surface area contributed by atoms with Crippen LogP contribution < -0.4 is 0 Å². The minimum absolute atomic E-state index is 0.105. The predicted octanol–water partition coefficient (Wildman–Crippen LogP) is 3.20. The summed E-state index contributed by atoms with van der Waals surface area (Å²) in [6.45, 7) is 0.569. The van der Waals surface area contributed by atoms with E-state index < -0.39 is 0 Å². The van der Waals surface area contributed by atoms with E-state index in [9.17, 15) is 9.65 Å². The molecule has 2 aromatic carbocycles. The van der Waals surface area contributed by atoms with Crippen LogP contribution in [0.5, 0.6) is 0 Å². The Hall–Kier alpha value is -4.27. The molecule has 0 saturated carbocycles. The van der Waals surface area contributed by atoms with E-state index in [-0.39, 0.29) is 19.0 Å². The third-order valence-electron chi connectivity index (χ3n) is 5.22. The molecule has 0 saturated heterocycles. The molecule has 150 valence electrons. The molecule has 0 bridgehead atoms. The largest absolute Gasteiger partial charge is 0.369 e. The molecule has 2 aromatic heterocycles. The van der Waals surface area contributed by atoms with Gasteiger partial charge in [0, 0.05) is 16.7 Å². The van der Waals surface area contributed by atoms with Crippen LogP contribution in [-0.2, 0) is 24.5 Å². The number of nitrogens with zero attached hydrogens (tertiary/aromatic N) is 6. The van der Waals surface area contributed by atoms with Gasteiger partial charge in [0.1, 0.15) is 24.8 Å². The van der Waals surface area contributed by atoms with Crippen LogP contribution in [0.4, 0.5) is 4.39 Å². The Balaban J connectivity index is 1.54. The van der Waals surface area contributed by atoms with E-state index in [0.717, 1.165) is 11.3 Å². The van der Waals surface area contributed by atoms with Crippen molar-refractivity contribution >= 4 is 0 Å². The molecule has 0 fully saturated rings. The zero-order valence-electron chi connectivity index (χ0n) is 16.3. The summed E-state index contributed by atoms with van der Waals surface area (Å²) in [5, 5.41) is 18.2. The van der Waals surface area contributed by atoms with Gasteiger partial charge in [-0.25, -0.2) is 9.37 Å². The van der Waals surface area contributed by atoms with Gasteiger partial charge < -0.3 is 9.30 Å². The van der Waals surface area contributed by atoms with Gasteiger partial charge in [-0.05, 0) is 24.3 Å². The average molecular weight is 410 g/mol. The maximum atomic E-state index is 13.9. The minimum atomic E-state index is -0.319. The number of benzene rings is 2. The van der Waals surface area contributed by atoms with E-state index in [1.807, 2.05) is 27.3 Å². The summed E-state index contributed by atoms with van der Waals surface area (Å²) in [5.74, 6) is 3.49. The van der Waals surface area contributed by atoms with E-state index in [1.165, 1.54) is 6.07 Å². The highest BCUT2D eigenvalue weighted by molar-refractivity contribution is 5.71. The lowest BCUT2D eigenvalue weighted by molar-refractivity contribution is 0.0972. The van der Waals surface area contributed by atoms with E-state index >= 15 is 0 Å². The van der Waals surface area contributed by atoms with Crippen molar-refractivity contribution in [3.8, 4) is 35.5 Å². The fraction of sp³-hybridized carbons (Fsp3) is 0.130. The van der Waals surface area contributed by atoms with Crippen LogP contribution >= 0.6 is 0 Å². The first-order chi connectivity index (χ1) is 15.2. The molecule has 0 aliphatic carbocycles. The highest BCUT2D eigenvalue weighted by atomic mass is 19.1. The summed E-state index contributed by atoms with van der Waals surface area (Å²) in [6.07, 6.45) is 7.22. The Morgan fingerprint density at radius 3 is 2.84 bits per heavy atom. The van der Waals surface area contributed by atoms with E-state index in [0.29, 0.717) is 40.7 Å². The summed E-state index contributed by atoms with van der Waals surface area (Å²) in [4.78, 5) is 4.23. The molecule has 8 heteroatoms. The van der Waals surface area contributed by atoms with Crippen molar-refractivity contribution < 1.29 is 9.13 Å². The Morgan fingerprint density at radius 2 is 2.03 bits per heavy atom. The fourth-order valence-corrected chi connectivity index (χ4v) is 3.67. The first kappa shape index (κ1) is 18.7. The molecular formula is C23H15FN6O. The van der Waals surface area contributed by atoms with Gasteiger partial charge in [-0.2, -0.15) is 5.26 Å². The standard InChI is InChI=1S/C23H15FN6O/c1-2-15-7-8-20-17(9-15)23-28-27-22(13-31-12-16-5-3-4-6-18(16)24)29(23)11-21-19(10-25)26-14-30(20)21/h1,3-9,14H,11-13H2. The number of fused-ring (bicyclic) bond motifs is 5. The van der Waals surface area contributed by atoms with Crippen LogP contribution in [0.3, 0.4) is 0 Å². The molecule has 1 aliphatic heterocycles. The summed E-state index contributed by atoms with van der Waals surface area (Å²) in [6, 6.07) is 14.2. The molecule has 0 atom stereocenters. The van der Waals surface area contributed by atoms with Crippen molar-refractivity contribution in [2.45, 2.75) is 19.8 Å². The number of imidazole rings is 1. The number of hydrogen-bond donors (Lipinski definition) is 0. The summed E-state index contributed by atoms with van der Waals surface area (Å²) >= 11 is 0. The number of terminal acetylenes is 1. The summed E-state index contributed by atoms with van der Waals surface area (Å²) in [7, 11) is 0. The lowest BCUT2D eigenvalue weighted by atomic mass is 10.1. The van der Waals surface area contributed by atoms with Gasteiger partial charge in [0.25, 0.3) is 0 Å². The maximum absolute atomic E-state index is 13.9. The van der Waals surface area contributed by atoms with E-state index in [1.54, 1.807) is 24.5 Å². The van der Waals surface area contributed by atoms with Gasteiger partial charge in [-0.15, -0.1) is 16.6 Å². The molecule has 4 aromatic rings. The van der Waals surface area contributed by atoms with Crippen LogP contribution in [0.2, 0.25) is 0 Å². The summed E-state index contributed by atoms with van der Waals surface area (Å²) < 4.78 is 23.3. The number of nitriles is 1. The molecule has 0 spiro atoms. The number of aromatic nitrogens is 5. The molecule has 0 radical (unpaired) electrons. The molecule has 7 nitrogen and oxygen atoms in total. The molecule has 0 amide bonds. The van der Waals surface area contributed by atoms with Crippen molar-refractivity contribution in [3.63, 3.8) is 0 Å². The average Bonchev–Trinajstić information content (AvgIpc) is 3.35. The highest BCUT2D eigenvalue weighted by Gasteiger charge is 2.26. The minimum Gasteiger partial charge on any atom is -0.369 e. The second-order valence-electron chi connectivity index (χ2n) is 7.01. The zero-order chi connectivity index (χ0) is 21.4. The number of halogens is 1. The Bertz CT molecular complexity index is 1390. The SMILES string of the molecule is C#Cc1ccc2c(c1)-c1nnc(COCc3ccccc3F)n1Cc1c(C#N)ncn1-2. The second-order valence-corrected chi connectivity index (χ2v) is 7.01. The normalized spacial score (nSPS) is 11.6. The molecule has 5 rings (SSSR count). The lowest BCUT2D eigenvalue weighted by Crippen LogP contribution is -2.10. The number of rotatable bonds is 4. The lowest BCUT2D eigenvalue weighted by Gasteiger charge is -2.09. The predicted molar refractivity (Wildman–Crippen MR) is 109 cm³/mol. The molecule has 0 unspecified atom stereocenters. The maximum Gasteiger partial charge on any atom is 0.166 e. The van der Waals surface area contributed by atoms with Crippen LogP contribution in [-0.4, -0.2) is 24.3 Å². The third-order valence-corrected chi connectivity index (χ3v) is 5.22. The zero-order valence-corrected chi connectivity index (χ0v) is 16.3. The van der Waals surface area contributed by atoms with Crippen LogP contribution in [0.1, 0.15) is 28.3 Å². The van der Waals surface area contributed by atoms with Crippen molar-refractivity contribution in [1.82, 2.24) is 24.3 Å². The second kappa shape index (κ2) is 7.52. The first-order valence-electron chi connectivity index (χ1n) is 9.50. The van der Waals surface area contributed by atoms with Crippen molar-refractivity contribution in [2.75, 3.05) is 0 Å². The van der Waals surface area contributed by atoms with Crippen molar-refractivity contribution in [2.24, 2.45) is 0 Å². The third kappa shape index (κ3) is 3.16. The van der Waals surface area contributed by atoms with Crippen molar-refractivity contribution in [1.29, 1.82) is 5.26 Å². The Labute approximate surface area is 177 Å². The Morgan fingerprint density at radius 1 is 1.16 bits per heavy atom. The van der Waals surface area contributed by atoms with Crippen LogP contribution in [0.25, 0.3) is 17.1 Å². The molecule has 0 N–H and O–H groups in total. The number of hydrogen-bond acceptors (Lipinski definition) is 5. The van der Waals surface area contributed by atoms with Gasteiger partial charge in [0.2, 0.25) is 0 Å². The summed E-state index contributed by atoms with van der Waals surface area (Å²) in [5.41, 5.74) is 3.80. The van der Waals surface area contributed by atoms with Gasteiger partial charge in [0.15, 0.2) is 17.3 Å². The highest BCUT2D eigenvalue weighted by Crippen LogP contribution is 2.33. The van der Waals surface area contributed by atoms with Gasteiger partial charge in [0.05, 0.1) is 24.5 Å². The molecule has 1 aliphatic rings. The van der Waals surface area contributed by atoms with Crippen LogP contribution in [0.15, 0.2) is 48.8 Å². The molecule has 31 heavy (non-hydrogen) atoms. The monoisotopic (exact) mass is 410 g/mol. The van der Waals surface area contributed by atoms with Gasteiger partial charge in [-0.3, -0.25) is 4.57 Å².